The van der Waals surface area contributed by atoms with Gasteiger partial charge in [-0.05, 0) is 36.8 Å². The minimum absolute atomic E-state index is 0.287. The molecule has 3 aromatic rings. The molecule has 1 aromatic heterocycles. The van der Waals surface area contributed by atoms with Gasteiger partial charge in [0.15, 0.2) is 0 Å². The predicted molar refractivity (Wildman–Crippen MR) is 116 cm³/mol. The van der Waals surface area contributed by atoms with Crippen LogP contribution < -0.4 is 15.9 Å². The van der Waals surface area contributed by atoms with Crippen LogP contribution in [0.4, 0.5) is 0 Å². The Kier molecular flexibility index (Phi) is 7.00. The number of nitrogens with one attached hydrogen (secondary N) is 2. The Morgan fingerprint density at radius 3 is 2.83 bits per heavy atom. The van der Waals surface area contributed by atoms with Gasteiger partial charge in [-0.3, -0.25) is 4.99 Å². The van der Waals surface area contributed by atoms with Gasteiger partial charge < -0.3 is 15.5 Å². The van der Waals surface area contributed by atoms with Gasteiger partial charge in [-0.25, -0.2) is 10.2 Å². The van der Waals surface area contributed by atoms with Crippen LogP contribution in [0.3, 0.4) is 0 Å². The second kappa shape index (κ2) is 10.1. The van der Waals surface area contributed by atoms with Crippen LogP contribution >= 0.6 is 0 Å². The number of guanidine groups is 1. The molecule has 4 N–H and O–H groups in total. The Labute approximate surface area is 169 Å². The fourth-order valence-electron chi connectivity index (χ4n) is 2.80. The molecule has 7 nitrogen and oxygen atoms in total. The summed E-state index contributed by atoms with van der Waals surface area (Å²) in [5.74, 6) is 0.352. The molecule has 0 saturated carbocycles. The normalized spacial score (nSPS) is 11.8. The fraction of sp³-hybridized carbons (Fsp3) is 0.227. The number of aromatic amines is 1. The molecule has 1 heterocycles. The molecule has 0 radical (unpaired) electrons. The van der Waals surface area contributed by atoms with Gasteiger partial charge in [0, 0.05) is 29.2 Å². The molecule has 150 valence electrons. The standard InChI is InChI=1S/C22H25N5O2/c1-2-3-7-12-24-22(23)27-26-15-17-14-25-20-11-10-18(13-19(17)20)29-21(28)16-8-5-4-6-9-16/h4-6,8-11,13-15,25H,2-3,7,12H2,1H3,(H3,23,24,27)/b26-15+. The van der Waals surface area contributed by atoms with Gasteiger partial charge in [0.05, 0.1) is 11.8 Å². The topological polar surface area (TPSA) is 105 Å². The van der Waals surface area contributed by atoms with Crippen molar-refractivity contribution in [2.75, 3.05) is 6.54 Å². The maximum Gasteiger partial charge on any atom is 0.343 e. The van der Waals surface area contributed by atoms with E-state index in [4.69, 9.17) is 10.5 Å². The van der Waals surface area contributed by atoms with Crippen LogP contribution in [0.2, 0.25) is 0 Å². The van der Waals surface area contributed by atoms with E-state index in [1.807, 2.05) is 18.3 Å². The molecule has 3 rings (SSSR count). The second-order valence-electron chi connectivity index (χ2n) is 6.55. The van der Waals surface area contributed by atoms with Gasteiger partial charge >= 0.3 is 5.97 Å². The molecule has 0 amide bonds. The first-order valence-corrected chi connectivity index (χ1v) is 9.64. The van der Waals surface area contributed by atoms with Gasteiger partial charge in [-0.2, -0.15) is 5.10 Å². The zero-order chi connectivity index (χ0) is 20.5. The van der Waals surface area contributed by atoms with Crippen LogP contribution in [-0.2, 0) is 0 Å². The summed E-state index contributed by atoms with van der Waals surface area (Å²) in [6, 6.07) is 14.3. The average molecular weight is 391 g/mol. The van der Waals surface area contributed by atoms with E-state index in [2.05, 4.69) is 27.4 Å². The number of esters is 1. The third-order valence-electron chi connectivity index (χ3n) is 4.33. The Bertz CT molecular complexity index is 1010. The number of benzene rings is 2. The van der Waals surface area contributed by atoms with Crippen molar-refractivity contribution in [2.24, 2.45) is 15.8 Å². The number of H-pyrrole nitrogens is 1. The van der Waals surface area contributed by atoms with Crippen LogP contribution in [0.1, 0.15) is 42.1 Å². The highest BCUT2D eigenvalue weighted by Gasteiger charge is 2.10. The Balaban J connectivity index is 1.67. The number of hydrogen-bond acceptors (Lipinski definition) is 4. The number of aromatic nitrogens is 1. The number of nitrogens with two attached hydrogens (primary N) is 1. The Morgan fingerprint density at radius 2 is 2.03 bits per heavy atom. The number of aliphatic imine (C=N–C) groups is 1. The molecular weight excluding hydrogens is 366 g/mol. The lowest BCUT2D eigenvalue weighted by Crippen LogP contribution is -2.27. The van der Waals surface area contributed by atoms with Gasteiger partial charge in [0.1, 0.15) is 5.75 Å². The first-order valence-electron chi connectivity index (χ1n) is 9.64. The first kappa shape index (κ1) is 20.1. The highest BCUT2D eigenvalue weighted by atomic mass is 16.5. The average Bonchev–Trinajstić information content (AvgIpc) is 3.14. The molecule has 0 spiro atoms. The summed E-state index contributed by atoms with van der Waals surface area (Å²) < 4.78 is 5.49. The molecular formula is C22H25N5O2. The number of carbonyl (C=O) groups is 1. The monoisotopic (exact) mass is 391 g/mol. The van der Waals surface area contributed by atoms with Crippen molar-refractivity contribution >= 4 is 29.0 Å². The van der Waals surface area contributed by atoms with E-state index >= 15 is 0 Å². The van der Waals surface area contributed by atoms with Gasteiger partial charge in [0.25, 0.3) is 0 Å². The van der Waals surface area contributed by atoms with Gasteiger partial charge in [-0.15, -0.1) is 0 Å². The highest BCUT2D eigenvalue weighted by molar-refractivity contribution is 6.00. The fourth-order valence-corrected chi connectivity index (χ4v) is 2.80. The third-order valence-corrected chi connectivity index (χ3v) is 4.33. The van der Waals surface area contributed by atoms with Crippen molar-refractivity contribution in [1.29, 1.82) is 0 Å². The number of hydrazone groups is 1. The van der Waals surface area contributed by atoms with Crippen LogP contribution in [0.15, 0.2) is 64.8 Å². The molecule has 0 bridgehead atoms. The minimum Gasteiger partial charge on any atom is -0.423 e. The van der Waals surface area contributed by atoms with Crippen LogP contribution in [0.5, 0.6) is 5.75 Å². The molecule has 0 unspecified atom stereocenters. The summed E-state index contributed by atoms with van der Waals surface area (Å²) in [5, 5.41) is 5.02. The molecule has 29 heavy (non-hydrogen) atoms. The molecule has 0 saturated heterocycles. The van der Waals surface area contributed by atoms with E-state index in [0.29, 0.717) is 17.9 Å². The number of ether oxygens (including phenoxy) is 1. The maximum atomic E-state index is 12.3. The number of fused-ring (bicyclic) bond motifs is 1. The third kappa shape index (κ3) is 5.68. The Hall–Kier alpha value is -3.61. The van der Waals surface area contributed by atoms with Crippen molar-refractivity contribution in [3.05, 3.63) is 65.9 Å². The summed E-state index contributed by atoms with van der Waals surface area (Å²) in [4.78, 5) is 19.6. The lowest BCUT2D eigenvalue weighted by molar-refractivity contribution is 0.0735. The van der Waals surface area contributed by atoms with Crippen molar-refractivity contribution in [1.82, 2.24) is 10.4 Å². The summed E-state index contributed by atoms with van der Waals surface area (Å²) in [7, 11) is 0. The van der Waals surface area contributed by atoms with Crippen LogP contribution in [0.25, 0.3) is 10.9 Å². The lowest BCUT2D eigenvalue weighted by atomic mass is 10.2. The summed E-state index contributed by atoms with van der Waals surface area (Å²) in [6.45, 7) is 2.83. The van der Waals surface area contributed by atoms with Crippen molar-refractivity contribution < 1.29 is 9.53 Å². The summed E-state index contributed by atoms with van der Waals surface area (Å²) in [5.41, 5.74) is 10.8. The van der Waals surface area contributed by atoms with Gasteiger partial charge in [-0.1, -0.05) is 38.0 Å². The SMILES string of the molecule is CCCCCN=C(N)N/N=C/c1c[nH]c2ccc(OC(=O)c3ccccc3)cc12. The van der Waals surface area contributed by atoms with E-state index < -0.39 is 5.97 Å². The first-order chi connectivity index (χ1) is 14.2. The van der Waals surface area contributed by atoms with Crippen molar-refractivity contribution in [3.8, 4) is 5.75 Å². The van der Waals surface area contributed by atoms with E-state index in [1.54, 1.807) is 42.6 Å². The van der Waals surface area contributed by atoms with Crippen LogP contribution in [-0.4, -0.2) is 29.7 Å². The second-order valence-corrected chi connectivity index (χ2v) is 6.55. The largest absolute Gasteiger partial charge is 0.423 e. The zero-order valence-electron chi connectivity index (χ0n) is 16.4. The summed E-state index contributed by atoms with van der Waals surface area (Å²) >= 11 is 0. The predicted octanol–water partition coefficient (Wildman–Crippen LogP) is 3.82. The number of rotatable bonds is 8. The zero-order valence-corrected chi connectivity index (χ0v) is 16.4. The molecule has 2 aromatic carbocycles. The molecule has 0 aliphatic carbocycles. The lowest BCUT2D eigenvalue weighted by Gasteiger charge is -2.04. The Morgan fingerprint density at radius 1 is 1.21 bits per heavy atom. The number of nitrogens with zero attached hydrogens (tertiary/aromatic N) is 2. The number of carbonyl (C=O) groups excluding carboxylic acids is 1. The maximum absolute atomic E-state index is 12.3. The highest BCUT2D eigenvalue weighted by Crippen LogP contribution is 2.23. The van der Waals surface area contributed by atoms with Crippen LogP contribution in [0, 0.1) is 0 Å². The smallest absolute Gasteiger partial charge is 0.343 e. The van der Waals surface area contributed by atoms with E-state index in [9.17, 15) is 4.79 Å². The van der Waals surface area contributed by atoms with E-state index in [0.717, 1.165) is 35.7 Å². The van der Waals surface area contributed by atoms with Gasteiger partial charge in [0.2, 0.25) is 5.96 Å². The quantitative estimate of drug-likeness (QED) is 0.136. The molecule has 0 fully saturated rings. The van der Waals surface area contributed by atoms with E-state index in [1.165, 1.54) is 0 Å². The van der Waals surface area contributed by atoms with E-state index in [-0.39, 0.29) is 5.96 Å². The number of unbranched alkanes of at least 4 members (excludes halogenated alkanes) is 2. The number of hydrogen-bond donors (Lipinski definition) is 3. The molecule has 0 aliphatic heterocycles. The minimum atomic E-state index is -0.399. The van der Waals surface area contributed by atoms with Crippen molar-refractivity contribution in [2.45, 2.75) is 26.2 Å². The molecule has 0 atom stereocenters. The molecule has 0 aliphatic rings. The molecule has 7 heteroatoms. The van der Waals surface area contributed by atoms with Crippen molar-refractivity contribution in [3.63, 3.8) is 0 Å². The summed E-state index contributed by atoms with van der Waals surface area (Å²) in [6.07, 6.45) is 6.76.